The van der Waals surface area contributed by atoms with E-state index in [1.807, 2.05) is 0 Å². The topological polar surface area (TPSA) is 106 Å². The first kappa shape index (κ1) is 10.6. The molecule has 0 amide bonds. The van der Waals surface area contributed by atoms with Crippen LogP contribution in [0.1, 0.15) is 0 Å². The number of rotatable bonds is 6. The number of hydrogen-bond acceptors (Lipinski definition) is 7. The zero-order chi connectivity index (χ0) is 10.2. The molecular weight excluding hydrogens is 186 g/mol. The maximum Gasteiger partial charge on any atom is 0.228 e. The molecule has 77 valence electrons. The van der Waals surface area contributed by atoms with Gasteiger partial charge in [0.25, 0.3) is 0 Å². The van der Waals surface area contributed by atoms with Gasteiger partial charge in [0.15, 0.2) is 0 Å². The van der Waals surface area contributed by atoms with Crippen LogP contribution in [0.5, 0.6) is 0 Å². The number of hydrogen-bond donors (Lipinski definition) is 3. The third-order valence-electron chi connectivity index (χ3n) is 1.31. The van der Waals surface area contributed by atoms with Gasteiger partial charge in [0.1, 0.15) is 0 Å². The molecule has 0 atom stereocenters. The molecule has 1 rings (SSSR count). The highest BCUT2D eigenvalue weighted by atomic mass is 16.5. The monoisotopic (exact) mass is 198 g/mol. The van der Waals surface area contributed by atoms with Gasteiger partial charge in [-0.25, -0.2) is 0 Å². The van der Waals surface area contributed by atoms with Gasteiger partial charge in [-0.3, -0.25) is 0 Å². The minimum Gasteiger partial charge on any atom is -0.394 e. The van der Waals surface area contributed by atoms with Crippen LogP contribution < -0.4 is 11.1 Å². The number of aromatic nitrogens is 3. The Kier molecular flexibility index (Phi) is 4.59. The summed E-state index contributed by atoms with van der Waals surface area (Å²) in [5, 5.41) is 11.3. The van der Waals surface area contributed by atoms with E-state index in [2.05, 4.69) is 26.6 Å². The maximum absolute atomic E-state index is 8.42. The number of anilines is 2. The van der Waals surface area contributed by atoms with Crippen molar-refractivity contribution in [2.24, 2.45) is 0 Å². The van der Waals surface area contributed by atoms with E-state index in [-0.39, 0.29) is 12.6 Å². The molecule has 7 heteroatoms. The molecule has 14 heavy (non-hydrogen) atoms. The lowest BCUT2D eigenvalue weighted by atomic mass is 10.6. The Morgan fingerprint density at radius 2 is 2.29 bits per heavy atom. The van der Waals surface area contributed by atoms with Crippen molar-refractivity contribution in [3.63, 3.8) is 0 Å². The van der Waals surface area contributed by atoms with Gasteiger partial charge in [0, 0.05) is 6.54 Å². The molecular formula is C7H12N5O2. The Morgan fingerprint density at radius 3 is 3.00 bits per heavy atom. The van der Waals surface area contributed by atoms with Crippen molar-refractivity contribution in [3.05, 3.63) is 6.33 Å². The van der Waals surface area contributed by atoms with Crippen molar-refractivity contribution >= 4 is 11.9 Å². The minimum absolute atomic E-state index is 0.0203. The van der Waals surface area contributed by atoms with E-state index in [9.17, 15) is 0 Å². The largest absolute Gasteiger partial charge is 0.394 e. The van der Waals surface area contributed by atoms with Crippen LogP contribution in [-0.2, 0) is 4.74 Å². The van der Waals surface area contributed by atoms with Crippen LogP contribution in [0.3, 0.4) is 0 Å². The van der Waals surface area contributed by atoms with Gasteiger partial charge >= 0.3 is 0 Å². The van der Waals surface area contributed by atoms with Crippen LogP contribution in [0.2, 0.25) is 0 Å². The molecule has 4 N–H and O–H groups in total. The molecule has 0 aliphatic carbocycles. The number of nitrogens with zero attached hydrogens (tertiary/aromatic N) is 3. The molecule has 0 saturated heterocycles. The summed E-state index contributed by atoms with van der Waals surface area (Å²) in [5.41, 5.74) is 5.31. The van der Waals surface area contributed by atoms with Crippen LogP contribution in [0.25, 0.3) is 0 Å². The number of aliphatic hydroxyl groups is 1. The lowest BCUT2D eigenvalue weighted by Gasteiger charge is -2.04. The van der Waals surface area contributed by atoms with E-state index in [1.54, 1.807) is 0 Å². The molecule has 0 saturated carbocycles. The first-order valence-electron chi connectivity index (χ1n) is 4.13. The predicted octanol–water partition coefficient (Wildman–Crippen LogP) is -1.33. The molecule has 0 aromatic carbocycles. The van der Waals surface area contributed by atoms with Gasteiger partial charge in [-0.2, -0.15) is 15.0 Å². The summed E-state index contributed by atoms with van der Waals surface area (Å²) in [6.45, 7) is 1.35. The van der Waals surface area contributed by atoms with Crippen molar-refractivity contribution in [1.82, 2.24) is 15.0 Å². The molecule has 1 radical (unpaired) electrons. The van der Waals surface area contributed by atoms with E-state index >= 15 is 0 Å². The molecule has 0 fully saturated rings. The molecule has 1 heterocycles. The normalized spacial score (nSPS) is 10.1. The van der Waals surface area contributed by atoms with Crippen LogP contribution in [0.4, 0.5) is 11.9 Å². The number of ether oxygens (including phenoxy) is 1. The van der Waals surface area contributed by atoms with E-state index in [0.717, 1.165) is 0 Å². The zero-order valence-corrected chi connectivity index (χ0v) is 7.60. The smallest absolute Gasteiger partial charge is 0.228 e. The quantitative estimate of drug-likeness (QED) is 0.486. The van der Waals surface area contributed by atoms with Crippen LogP contribution in [0.15, 0.2) is 0 Å². The fourth-order valence-corrected chi connectivity index (χ4v) is 0.763. The molecule has 0 aliphatic rings. The number of nitrogens with one attached hydrogen (secondary N) is 1. The van der Waals surface area contributed by atoms with Crippen LogP contribution in [0, 0.1) is 6.33 Å². The minimum atomic E-state index is 0.0203. The summed E-state index contributed by atoms with van der Waals surface area (Å²) in [6, 6.07) is 0. The second-order valence-electron chi connectivity index (χ2n) is 2.38. The highest BCUT2D eigenvalue weighted by molar-refractivity contribution is 5.28. The third kappa shape index (κ3) is 3.97. The summed E-state index contributed by atoms with van der Waals surface area (Å²) >= 11 is 0. The van der Waals surface area contributed by atoms with Gasteiger partial charge in [-0.05, 0) is 0 Å². The lowest BCUT2D eigenvalue weighted by molar-refractivity contribution is 0.0991. The highest BCUT2D eigenvalue weighted by Gasteiger charge is 1.96. The van der Waals surface area contributed by atoms with Gasteiger partial charge in [0.05, 0.1) is 19.8 Å². The van der Waals surface area contributed by atoms with Crippen molar-refractivity contribution < 1.29 is 9.84 Å². The van der Waals surface area contributed by atoms with Crippen molar-refractivity contribution in [2.75, 3.05) is 37.4 Å². The van der Waals surface area contributed by atoms with E-state index in [4.69, 9.17) is 15.6 Å². The second-order valence-corrected chi connectivity index (χ2v) is 2.38. The van der Waals surface area contributed by atoms with Crippen LogP contribution in [-0.4, -0.2) is 46.4 Å². The molecule has 0 unspecified atom stereocenters. The van der Waals surface area contributed by atoms with Gasteiger partial charge < -0.3 is 20.9 Å². The first-order valence-corrected chi connectivity index (χ1v) is 4.13. The number of nitrogens with two attached hydrogens (primary N) is 1. The molecule has 0 spiro atoms. The van der Waals surface area contributed by atoms with E-state index < -0.39 is 0 Å². The highest BCUT2D eigenvalue weighted by Crippen LogP contribution is 1.95. The van der Waals surface area contributed by atoms with Crippen molar-refractivity contribution in [1.29, 1.82) is 0 Å². The summed E-state index contributed by atoms with van der Waals surface area (Å²) in [7, 11) is 0. The Balaban J connectivity index is 2.18. The third-order valence-corrected chi connectivity index (χ3v) is 1.31. The molecule has 1 aromatic heterocycles. The summed E-state index contributed by atoms with van der Waals surface area (Å²) < 4.78 is 5.01. The summed E-state index contributed by atoms with van der Waals surface area (Å²) in [4.78, 5) is 11.0. The Morgan fingerprint density at radius 1 is 1.43 bits per heavy atom. The number of nitrogen functional groups attached to an aromatic ring is 1. The van der Waals surface area contributed by atoms with Crippen molar-refractivity contribution in [2.45, 2.75) is 0 Å². The first-order chi connectivity index (χ1) is 6.83. The molecule has 7 nitrogen and oxygen atoms in total. The second kappa shape index (κ2) is 6.06. The summed E-state index contributed by atoms with van der Waals surface area (Å²) in [5.74, 6) is 0.490. The average molecular weight is 198 g/mol. The number of aliphatic hydroxyl groups excluding tert-OH is 1. The SMILES string of the molecule is Nc1n[c]nc(NCCOCCO)n1. The molecule has 0 aliphatic heterocycles. The fourth-order valence-electron chi connectivity index (χ4n) is 0.763. The van der Waals surface area contributed by atoms with E-state index in [1.165, 1.54) is 0 Å². The Bertz CT molecular complexity index is 270. The predicted molar refractivity (Wildman–Crippen MR) is 49.5 cm³/mol. The summed E-state index contributed by atoms with van der Waals surface area (Å²) in [6.07, 6.45) is 2.35. The zero-order valence-electron chi connectivity index (χ0n) is 7.60. The lowest BCUT2D eigenvalue weighted by Crippen LogP contribution is -2.13. The van der Waals surface area contributed by atoms with E-state index in [0.29, 0.717) is 25.7 Å². The Labute approximate surface area is 81.3 Å². The Hall–Kier alpha value is -1.47. The van der Waals surface area contributed by atoms with Gasteiger partial charge in [-0.15, -0.1) is 0 Å². The fraction of sp³-hybridized carbons (Fsp3) is 0.571. The molecule has 0 bridgehead atoms. The maximum atomic E-state index is 8.42. The van der Waals surface area contributed by atoms with Gasteiger partial charge in [-0.1, -0.05) is 0 Å². The van der Waals surface area contributed by atoms with Crippen LogP contribution >= 0.6 is 0 Å². The van der Waals surface area contributed by atoms with Crippen molar-refractivity contribution in [3.8, 4) is 0 Å². The average Bonchev–Trinajstić information content (AvgIpc) is 2.18. The molecule has 1 aromatic rings. The van der Waals surface area contributed by atoms with Gasteiger partial charge in [0.2, 0.25) is 18.2 Å². The standard InChI is InChI=1S/C7H12N5O2/c8-6-10-5-11-7(12-6)9-1-3-14-4-2-13/h13H,1-4H2,(H3,8,9,10,11,12).